The summed E-state index contributed by atoms with van der Waals surface area (Å²) in [6.45, 7) is 6.02. The second-order valence-electron chi connectivity index (χ2n) is 4.66. The average Bonchev–Trinajstić information content (AvgIpc) is 2.38. The van der Waals surface area contributed by atoms with Gasteiger partial charge in [0.05, 0.1) is 13.2 Å². The van der Waals surface area contributed by atoms with Crippen LogP contribution in [0.4, 0.5) is 0 Å². The van der Waals surface area contributed by atoms with Crippen molar-refractivity contribution in [1.29, 1.82) is 5.26 Å². The van der Waals surface area contributed by atoms with Crippen molar-refractivity contribution in [3.63, 3.8) is 0 Å². The van der Waals surface area contributed by atoms with Gasteiger partial charge in [-0.3, -0.25) is 0 Å². The molecule has 0 unspecified atom stereocenters. The van der Waals surface area contributed by atoms with Gasteiger partial charge in [-0.25, -0.2) is 0 Å². The SMILES string of the molecule is COc1ccc(C(C)C)cc1CNCCCC#N. The second-order valence-corrected chi connectivity index (χ2v) is 4.66. The van der Waals surface area contributed by atoms with Gasteiger partial charge >= 0.3 is 0 Å². The minimum Gasteiger partial charge on any atom is -0.496 e. The fourth-order valence-electron chi connectivity index (χ4n) is 1.81. The lowest BCUT2D eigenvalue weighted by molar-refractivity contribution is 0.407. The fraction of sp³-hybridized carbons (Fsp3) is 0.533. The van der Waals surface area contributed by atoms with Gasteiger partial charge in [0.25, 0.3) is 0 Å². The van der Waals surface area contributed by atoms with Gasteiger partial charge in [-0.2, -0.15) is 5.26 Å². The third-order valence-electron chi connectivity index (χ3n) is 2.93. The molecule has 18 heavy (non-hydrogen) atoms. The maximum absolute atomic E-state index is 8.46. The molecule has 0 spiro atoms. The summed E-state index contributed by atoms with van der Waals surface area (Å²) in [7, 11) is 1.70. The summed E-state index contributed by atoms with van der Waals surface area (Å²) in [4.78, 5) is 0. The highest BCUT2D eigenvalue weighted by Crippen LogP contribution is 2.23. The molecule has 0 amide bonds. The Labute approximate surface area is 110 Å². The molecule has 0 saturated heterocycles. The molecule has 1 aromatic rings. The smallest absolute Gasteiger partial charge is 0.123 e. The van der Waals surface area contributed by atoms with Gasteiger partial charge in [0.1, 0.15) is 5.75 Å². The van der Waals surface area contributed by atoms with Crippen molar-refractivity contribution in [3.05, 3.63) is 29.3 Å². The molecule has 1 aromatic carbocycles. The van der Waals surface area contributed by atoms with Gasteiger partial charge in [0.15, 0.2) is 0 Å². The van der Waals surface area contributed by atoms with E-state index in [9.17, 15) is 0 Å². The zero-order chi connectivity index (χ0) is 13.4. The molecule has 0 fully saturated rings. The van der Waals surface area contributed by atoms with E-state index in [1.54, 1.807) is 7.11 Å². The molecule has 1 N–H and O–H groups in total. The van der Waals surface area contributed by atoms with Crippen molar-refractivity contribution < 1.29 is 4.74 Å². The first-order chi connectivity index (χ1) is 8.69. The van der Waals surface area contributed by atoms with Crippen LogP contribution in [0.5, 0.6) is 5.75 Å². The molecular weight excluding hydrogens is 224 g/mol. The Morgan fingerprint density at radius 1 is 1.39 bits per heavy atom. The van der Waals surface area contributed by atoms with Crippen LogP contribution in [-0.2, 0) is 6.54 Å². The zero-order valence-electron chi connectivity index (χ0n) is 11.5. The van der Waals surface area contributed by atoms with Crippen molar-refractivity contribution in [2.45, 2.75) is 39.2 Å². The summed E-state index contributed by atoms with van der Waals surface area (Å²) in [5.41, 5.74) is 2.50. The van der Waals surface area contributed by atoms with Crippen LogP contribution in [0.1, 0.15) is 43.7 Å². The van der Waals surface area contributed by atoms with Gasteiger partial charge in [0, 0.05) is 18.5 Å². The van der Waals surface area contributed by atoms with Crippen LogP contribution >= 0.6 is 0 Å². The highest BCUT2D eigenvalue weighted by atomic mass is 16.5. The Morgan fingerprint density at radius 3 is 2.78 bits per heavy atom. The summed E-state index contributed by atoms with van der Waals surface area (Å²) >= 11 is 0. The van der Waals surface area contributed by atoms with Gasteiger partial charge in [-0.1, -0.05) is 26.0 Å². The molecule has 0 aliphatic carbocycles. The first-order valence-corrected chi connectivity index (χ1v) is 6.43. The standard InChI is InChI=1S/C15H22N2O/c1-12(2)13-6-7-15(18-3)14(10-13)11-17-9-5-4-8-16/h6-7,10,12,17H,4-5,9,11H2,1-3H3. The molecule has 0 aliphatic heterocycles. The largest absolute Gasteiger partial charge is 0.496 e. The van der Waals surface area contributed by atoms with E-state index >= 15 is 0 Å². The van der Waals surface area contributed by atoms with E-state index in [1.807, 2.05) is 6.07 Å². The molecule has 0 heterocycles. The van der Waals surface area contributed by atoms with E-state index in [4.69, 9.17) is 10.00 Å². The van der Waals surface area contributed by atoms with Crippen LogP contribution in [0.15, 0.2) is 18.2 Å². The van der Waals surface area contributed by atoms with Crippen LogP contribution in [0.25, 0.3) is 0 Å². The molecular formula is C15H22N2O. The number of nitriles is 1. The fourth-order valence-corrected chi connectivity index (χ4v) is 1.81. The lowest BCUT2D eigenvalue weighted by atomic mass is 10.00. The van der Waals surface area contributed by atoms with Crippen molar-refractivity contribution in [2.75, 3.05) is 13.7 Å². The number of nitrogens with one attached hydrogen (secondary N) is 1. The highest BCUT2D eigenvalue weighted by molar-refractivity contribution is 5.38. The van der Waals surface area contributed by atoms with E-state index in [0.29, 0.717) is 12.3 Å². The quantitative estimate of drug-likeness (QED) is 0.751. The van der Waals surface area contributed by atoms with E-state index in [1.165, 1.54) is 11.1 Å². The van der Waals surface area contributed by atoms with Gasteiger partial charge < -0.3 is 10.1 Å². The highest BCUT2D eigenvalue weighted by Gasteiger charge is 2.06. The predicted molar refractivity (Wildman–Crippen MR) is 73.6 cm³/mol. The van der Waals surface area contributed by atoms with Crippen molar-refractivity contribution in [3.8, 4) is 11.8 Å². The summed E-state index contributed by atoms with van der Waals surface area (Å²) in [6, 6.07) is 8.49. The summed E-state index contributed by atoms with van der Waals surface area (Å²) in [5.74, 6) is 1.44. The number of benzene rings is 1. The Balaban J connectivity index is 2.61. The molecule has 98 valence electrons. The monoisotopic (exact) mass is 246 g/mol. The molecule has 1 rings (SSSR count). The van der Waals surface area contributed by atoms with Crippen LogP contribution in [0, 0.1) is 11.3 Å². The molecule has 0 atom stereocenters. The number of ether oxygens (including phenoxy) is 1. The van der Waals surface area contributed by atoms with Crippen molar-refractivity contribution >= 4 is 0 Å². The number of hydrogen-bond donors (Lipinski definition) is 1. The molecule has 0 bridgehead atoms. The molecule has 0 radical (unpaired) electrons. The first kappa shape index (κ1) is 14.5. The maximum atomic E-state index is 8.46. The maximum Gasteiger partial charge on any atom is 0.123 e. The van der Waals surface area contributed by atoms with Crippen LogP contribution < -0.4 is 10.1 Å². The summed E-state index contributed by atoms with van der Waals surface area (Å²) in [5, 5.41) is 11.8. The lowest BCUT2D eigenvalue weighted by Gasteiger charge is -2.13. The molecule has 0 aromatic heterocycles. The number of rotatable bonds is 7. The van der Waals surface area contributed by atoms with Crippen LogP contribution in [0.3, 0.4) is 0 Å². The Hall–Kier alpha value is -1.53. The van der Waals surface area contributed by atoms with Crippen LogP contribution in [-0.4, -0.2) is 13.7 Å². The van der Waals surface area contributed by atoms with E-state index in [2.05, 4.69) is 37.4 Å². The predicted octanol–water partition coefficient (Wildman–Crippen LogP) is 3.21. The lowest BCUT2D eigenvalue weighted by Crippen LogP contribution is -2.15. The van der Waals surface area contributed by atoms with E-state index in [0.717, 1.165) is 25.3 Å². The molecule has 0 saturated carbocycles. The summed E-state index contributed by atoms with van der Waals surface area (Å²) in [6.07, 6.45) is 1.50. The average molecular weight is 246 g/mol. The third kappa shape index (κ3) is 4.38. The van der Waals surface area contributed by atoms with E-state index in [-0.39, 0.29) is 0 Å². The second kappa shape index (κ2) is 7.73. The Kier molecular flexibility index (Phi) is 6.24. The topological polar surface area (TPSA) is 45.0 Å². The van der Waals surface area contributed by atoms with Crippen molar-refractivity contribution in [1.82, 2.24) is 5.32 Å². The zero-order valence-corrected chi connectivity index (χ0v) is 11.5. The Morgan fingerprint density at radius 2 is 2.17 bits per heavy atom. The first-order valence-electron chi connectivity index (χ1n) is 6.43. The minimum atomic E-state index is 0.522. The van der Waals surface area contributed by atoms with Crippen molar-refractivity contribution in [2.24, 2.45) is 0 Å². The van der Waals surface area contributed by atoms with Gasteiger partial charge in [0.2, 0.25) is 0 Å². The molecule has 0 aliphatic rings. The van der Waals surface area contributed by atoms with Crippen LogP contribution in [0.2, 0.25) is 0 Å². The number of nitrogens with zero attached hydrogens (tertiary/aromatic N) is 1. The molecule has 3 heteroatoms. The Bertz CT molecular complexity index is 407. The van der Waals surface area contributed by atoms with Gasteiger partial charge in [-0.05, 0) is 30.5 Å². The molecule has 3 nitrogen and oxygen atoms in total. The summed E-state index contributed by atoms with van der Waals surface area (Å²) < 4.78 is 5.37. The number of hydrogen-bond acceptors (Lipinski definition) is 3. The number of unbranched alkanes of at least 4 members (excludes halogenated alkanes) is 1. The minimum absolute atomic E-state index is 0.522. The van der Waals surface area contributed by atoms with Gasteiger partial charge in [-0.15, -0.1) is 0 Å². The third-order valence-corrected chi connectivity index (χ3v) is 2.93. The normalized spacial score (nSPS) is 10.4. The van der Waals surface area contributed by atoms with E-state index < -0.39 is 0 Å². The number of methoxy groups -OCH3 is 1.